The molecule has 1 saturated heterocycles. The molecule has 3 heterocycles. The van der Waals surface area contributed by atoms with Crippen molar-refractivity contribution in [1.29, 1.82) is 0 Å². The number of carbonyl (C=O) groups excluding carboxylic acids is 1. The Morgan fingerprint density at radius 1 is 1.07 bits per heavy atom. The maximum Gasteiger partial charge on any atom is 0.289 e. The highest BCUT2D eigenvalue weighted by Crippen LogP contribution is 2.26. The molecule has 0 radical (unpaired) electrons. The van der Waals surface area contributed by atoms with Gasteiger partial charge in [-0.15, -0.1) is 0 Å². The van der Waals surface area contributed by atoms with Crippen LogP contribution in [0.5, 0.6) is 0 Å². The van der Waals surface area contributed by atoms with E-state index in [9.17, 15) is 9.18 Å². The molecular weight excluding hydrogens is 371 g/mol. The summed E-state index contributed by atoms with van der Waals surface area (Å²) in [6.07, 6.45) is 1.94. The molecule has 7 heteroatoms. The second-order valence-electron chi connectivity index (χ2n) is 7.18. The summed E-state index contributed by atoms with van der Waals surface area (Å²) in [5, 5.41) is 0. The number of hydrogen-bond acceptors (Lipinski definition) is 5. The molecule has 1 fully saturated rings. The molecule has 0 saturated carbocycles. The van der Waals surface area contributed by atoms with Crippen LogP contribution in [-0.2, 0) is 6.42 Å². The van der Waals surface area contributed by atoms with E-state index in [2.05, 4.69) is 14.9 Å². The largest absolute Gasteiger partial charge is 0.459 e. The molecule has 1 aromatic carbocycles. The summed E-state index contributed by atoms with van der Waals surface area (Å²) < 4.78 is 19.5. The van der Waals surface area contributed by atoms with Crippen molar-refractivity contribution in [2.45, 2.75) is 20.3 Å². The van der Waals surface area contributed by atoms with Crippen molar-refractivity contribution in [3.05, 3.63) is 76.9 Å². The van der Waals surface area contributed by atoms with Gasteiger partial charge in [0, 0.05) is 43.9 Å². The summed E-state index contributed by atoms with van der Waals surface area (Å²) in [5.74, 6) is 1.53. The van der Waals surface area contributed by atoms with Gasteiger partial charge in [0.2, 0.25) is 0 Å². The van der Waals surface area contributed by atoms with Crippen molar-refractivity contribution in [3.63, 3.8) is 0 Å². The number of rotatable bonds is 4. The molecule has 150 valence electrons. The standard InChI is InChI=1S/C22H23FN4O2/c1-15-18(14-17-6-3-4-7-19(17)23)21(25-16(2)24-15)26-9-11-27(12-10-26)22(28)20-8-5-13-29-20/h3-8,13H,9-12,14H2,1-2H3. The second-order valence-corrected chi connectivity index (χ2v) is 7.18. The molecule has 0 aliphatic carbocycles. The Morgan fingerprint density at radius 3 is 2.52 bits per heavy atom. The fourth-order valence-corrected chi connectivity index (χ4v) is 3.70. The lowest BCUT2D eigenvalue weighted by Crippen LogP contribution is -2.49. The third kappa shape index (κ3) is 3.99. The summed E-state index contributed by atoms with van der Waals surface area (Å²) in [6, 6.07) is 10.2. The van der Waals surface area contributed by atoms with E-state index in [-0.39, 0.29) is 11.7 Å². The fourth-order valence-electron chi connectivity index (χ4n) is 3.70. The van der Waals surface area contributed by atoms with E-state index in [0.29, 0.717) is 49.7 Å². The third-order valence-corrected chi connectivity index (χ3v) is 5.23. The Labute approximate surface area is 169 Å². The Balaban J connectivity index is 1.56. The van der Waals surface area contributed by atoms with Crippen LogP contribution < -0.4 is 4.90 Å². The first-order chi connectivity index (χ1) is 14.0. The van der Waals surface area contributed by atoms with E-state index in [1.54, 1.807) is 29.2 Å². The monoisotopic (exact) mass is 394 g/mol. The first-order valence-corrected chi connectivity index (χ1v) is 9.68. The summed E-state index contributed by atoms with van der Waals surface area (Å²) in [7, 11) is 0. The number of furan rings is 1. The lowest BCUT2D eigenvalue weighted by Gasteiger charge is -2.36. The molecule has 3 aromatic rings. The van der Waals surface area contributed by atoms with Crippen molar-refractivity contribution >= 4 is 11.7 Å². The van der Waals surface area contributed by atoms with E-state index in [0.717, 1.165) is 17.1 Å². The minimum absolute atomic E-state index is 0.101. The van der Waals surface area contributed by atoms with Gasteiger partial charge in [0.05, 0.1) is 6.26 Å². The summed E-state index contributed by atoms with van der Waals surface area (Å²) in [4.78, 5) is 25.6. The molecule has 29 heavy (non-hydrogen) atoms. The smallest absolute Gasteiger partial charge is 0.289 e. The zero-order valence-corrected chi connectivity index (χ0v) is 16.6. The Bertz CT molecular complexity index is 1010. The van der Waals surface area contributed by atoms with Crippen molar-refractivity contribution in [3.8, 4) is 0 Å². The minimum atomic E-state index is -0.229. The first-order valence-electron chi connectivity index (χ1n) is 9.68. The van der Waals surface area contributed by atoms with E-state index < -0.39 is 0 Å². The number of nitrogens with zero attached hydrogens (tertiary/aromatic N) is 4. The zero-order chi connectivity index (χ0) is 20.4. The third-order valence-electron chi connectivity index (χ3n) is 5.23. The van der Waals surface area contributed by atoms with Gasteiger partial charge < -0.3 is 14.2 Å². The molecule has 0 spiro atoms. The quantitative estimate of drug-likeness (QED) is 0.679. The van der Waals surface area contributed by atoms with E-state index >= 15 is 0 Å². The van der Waals surface area contributed by atoms with Crippen LogP contribution in [0.3, 0.4) is 0 Å². The number of hydrogen-bond donors (Lipinski definition) is 0. The Morgan fingerprint density at radius 2 is 1.83 bits per heavy atom. The molecule has 4 rings (SSSR count). The van der Waals surface area contributed by atoms with Crippen LogP contribution in [0.2, 0.25) is 0 Å². The molecular formula is C22H23FN4O2. The maximum atomic E-state index is 14.2. The Hall–Kier alpha value is -3.22. The predicted octanol–water partition coefficient (Wildman–Crippen LogP) is 3.38. The summed E-state index contributed by atoms with van der Waals surface area (Å²) >= 11 is 0. The molecule has 0 bridgehead atoms. The van der Waals surface area contributed by atoms with Gasteiger partial charge in [-0.1, -0.05) is 18.2 Å². The lowest BCUT2D eigenvalue weighted by atomic mass is 10.0. The topological polar surface area (TPSA) is 62.5 Å². The number of carbonyl (C=O) groups is 1. The van der Waals surface area contributed by atoms with Crippen LogP contribution >= 0.6 is 0 Å². The highest BCUT2D eigenvalue weighted by Gasteiger charge is 2.26. The molecule has 6 nitrogen and oxygen atoms in total. The van der Waals surface area contributed by atoms with Gasteiger partial charge >= 0.3 is 0 Å². The van der Waals surface area contributed by atoms with Crippen molar-refractivity contribution in [2.75, 3.05) is 31.1 Å². The summed E-state index contributed by atoms with van der Waals surface area (Å²) in [6.45, 7) is 6.23. The van der Waals surface area contributed by atoms with E-state index in [1.807, 2.05) is 19.9 Å². The summed E-state index contributed by atoms with van der Waals surface area (Å²) in [5.41, 5.74) is 2.40. The molecule has 1 amide bonds. The van der Waals surface area contributed by atoms with Crippen molar-refractivity contribution in [1.82, 2.24) is 14.9 Å². The van der Waals surface area contributed by atoms with Crippen LogP contribution in [0, 0.1) is 19.7 Å². The number of anilines is 1. The predicted molar refractivity (Wildman–Crippen MR) is 108 cm³/mol. The maximum absolute atomic E-state index is 14.2. The molecule has 2 aromatic heterocycles. The number of halogens is 1. The second kappa shape index (κ2) is 8.03. The average molecular weight is 394 g/mol. The molecule has 1 aliphatic heterocycles. The van der Waals surface area contributed by atoms with E-state index in [1.165, 1.54) is 12.3 Å². The average Bonchev–Trinajstić information content (AvgIpc) is 3.26. The van der Waals surface area contributed by atoms with Crippen LogP contribution in [0.15, 0.2) is 47.1 Å². The molecule has 1 aliphatic rings. The van der Waals surface area contributed by atoms with Gasteiger partial charge in [-0.3, -0.25) is 4.79 Å². The van der Waals surface area contributed by atoms with Gasteiger partial charge in [-0.2, -0.15) is 0 Å². The molecule has 0 N–H and O–H groups in total. The lowest BCUT2D eigenvalue weighted by molar-refractivity contribution is 0.0714. The van der Waals surface area contributed by atoms with Crippen LogP contribution in [0.4, 0.5) is 10.2 Å². The van der Waals surface area contributed by atoms with Crippen LogP contribution in [0.1, 0.15) is 33.2 Å². The van der Waals surface area contributed by atoms with Gasteiger partial charge in [-0.25, -0.2) is 14.4 Å². The SMILES string of the molecule is Cc1nc(C)c(Cc2ccccc2F)c(N2CCN(C(=O)c3ccco3)CC2)n1. The Kier molecular flexibility index (Phi) is 5.29. The fraction of sp³-hybridized carbons (Fsp3) is 0.318. The van der Waals surface area contributed by atoms with Gasteiger partial charge in [0.15, 0.2) is 5.76 Å². The van der Waals surface area contributed by atoms with Gasteiger partial charge in [0.25, 0.3) is 5.91 Å². The number of aromatic nitrogens is 2. The molecule has 0 atom stereocenters. The zero-order valence-electron chi connectivity index (χ0n) is 16.6. The van der Waals surface area contributed by atoms with Crippen LogP contribution in [0.25, 0.3) is 0 Å². The minimum Gasteiger partial charge on any atom is -0.459 e. The number of aryl methyl sites for hydroxylation is 2. The van der Waals surface area contributed by atoms with Crippen LogP contribution in [-0.4, -0.2) is 47.0 Å². The first kappa shape index (κ1) is 19.1. The van der Waals surface area contributed by atoms with Crippen molar-refractivity contribution in [2.24, 2.45) is 0 Å². The normalized spacial score (nSPS) is 14.3. The van der Waals surface area contributed by atoms with Crippen molar-refractivity contribution < 1.29 is 13.6 Å². The highest BCUT2D eigenvalue weighted by molar-refractivity contribution is 5.91. The molecule has 0 unspecified atom stereocenters. The van der Waals surface area contributed by atoms with E-state index in [4.69, 9.17) is 4.42 Å². The number of benzene rings is 1. The van der Waals surface area contributed by atoms with Gasteiger partial charge in [-0.05, 0) is 37.6 Å². The van der Waals surface area contributed by atoms with Gasteiger partial charge in [0.1, 0.15) is 17.5 Å². The number of amides is 1. The number of piperazine rings is 1. The highest BCUT2D eigenvalue weighted by atomic mass is 19.1.